The molecule has 1 rings (SSSR count). The lowest BCUT2D eigenvalue weighted by atomic mass is 10.3. The first kappa shape index (κ1) is 15.2. The van der Waals surface area contributed by atoms with Gasteiger partial charge in [0.25, 0.3) is 0 Å². The lowest BCUT2D eigenvalue weighted by Crippen LogP contribution is -2.26. The van der Waals surface area contributed by atoms with Crippen molar-refractivity contribution in [3.05, 3.63) is 23.5 Å². The van der Waals surface area contributed by atoms with Gasteiger partial charge in [0.1, 0.15) is 4.90 Å². The van der Waals surface area contributed by atoms with Crippen molar-refractivity contribution in [1.82, 2.24) is 9.71 Å². The van der Waals surface area contributed by atoms with Gasteiger partial charge in [0.05, 0.1) is 5.02 Å². The third kappa shape index (κ3) is 4.79. The van der Waals surface area contributed by atoms with E-state index in [1.807, 2.05) is 4.72 Å². The molecule has 0 aliphatic heterocycles. The molecule has 18 heavy (non-hydrogen) atoms. The lowest BCUT2D eigenvalue weighted by Gasteiger charge is -2.08. The van der Waals surface area contributed by atoms with E-state index in [1.54, 1.807) is 0 Å². The summed E-state index contributed by atoms with van der Waals surface area (Å²) in [5.74, 6) is 0. The molecule has 9 heteroatoms. The van der Waals surface area contributed by atoms with Crippen LogP contribution in [0.15, 0.2) is 23.4 Å². The Kier molecular flexibility index (Phi) is 4.94. The van der Waals surface area contributed by atoms with Crippen LogP contribution in [-0.2, 0) is 10.0 Å². The first-order valence-corrected chi connectivity index (χ1v) is 6.74. The van der Waals surface area contributed by atoms with E-state index in [0.717, 1.165) is 6.20 Å². The smallest absolute Gasteiger partial charge is 0.263 e. The SMILES string of the molecule is O=S(=O)(NCCCC(F)(F)F)c1cnccc1Cl. The number of halogens is 4. The number of hydrogen-bond acceptors (Lipinski definition) is 3. The Hall–Kier alpha value is -0.860. The maximum atomic E-state index is 11.9. The van der Waals surface area contributed by atoms with E-state index in [9.17, 15) is 21.6 Å². The van der Waals surface area contributed by atoms with Crippen LogP contribution >= 0.6 is 11.6 Å². The van der Waals surface area contributed by atoms with Crippen molar-refractivity contribution in [2.24, 2.45) is 0 Å². The van der Waals surface area contributed by atoms with Crippen LogP contribution in [0.1, 0.15) is 12.8 Å². The third-order valence-corrected chi connectivity index (χ3v) is 3.88. The van der Waals surface area contributed by atoms with Crippen molar-refractivity contribution in [3.8, 4) is 0 Å². The maximum Gasteiger partial charge on any atom is 0.389 e. The zero-order chi connectivity index (χ0) is 13.8. The van der Waals surface area contributed by atoms with Gasteiger partial charge in [-0.15, -0.1) is 0 Å². The van der Waals surface area contributed by atoms with Crippen molar-refractivity contribution in [3.63, 3.8) is 0 Å². The number of nitrogens with zero attached hydrogens (tertiary/aromatic N) is 1. The second-order valence-electron chi connectivity index (χ2n) is 3.42. The van der Waals surface area contributed by atoms with Gasteiger partial charge in [-0.25, -0.2) is 13.1 Å². The van der Waals surface area contributed by atoms with Gasteiger partial charge >= 0.3 is 6.18 Å². The van der Waals surface area contributed by atoms with Crippen LogP contribution in [0.4, 0.5) is 13.2 Å². The molecule has 0 amide bonds. The zero-order valence-electron chi connectivity index (χ0n) is 9.04. The predicted octanol–water partition coefficient (Wildman–Crippen LogP) is 2.36. The highest BCUT2D eigenvalue weighted by atomic mass is 35.5. The first-order valence-electron chi connectivity index (χ1n) is 4.88. The molecule has 0 fully saturated rings. The molecular weight excluding hydrogens is 293 g/mol. The number of pyridine rings is 1. The summed E-state index contributed by atoms with van der Waals surface area (Å²) in [6.45, 7) is -0.312. The molecule has 1 aromatic heterocycles. The molecule has 0 atom stereocenters. The third-order valence-electron chi connectivity index (χ3n) is 1.95. The predicted molar refractivity (Wildman–Crippen MR) is 59.7 cm³/mol. The van der Waals surface area contributed by atoms with Crippen LogP contribution < -0.4 is 4.72 Å². The summed E-state index contributed by atoms with van der Waals surface area (Å²) in [4.78, 5) is 3.34. The Morgan fingerprint density at radius 1 is 1.39 bits per heavy atom. The fourth-order valence-corrected chi connectivity index (χ4v) is 2.64. The quantitative estimate of drug-likeness (QED) is 0.849. The topological polar surface area (TPSA) is 59.1 Å². The highest BCUT2D eigenvalue weighted by Gasteiger charge is 2.26. The van der Waals surface area contributed by atoms with Crippen molar-refractivity contribution >= 4 is 21.6 Å². The van der Waals surface area contributed by atoms with Crippen LogP contribution in [0.5, 0.6) is 0 Å². The number of alkyl halides is 3. The zero-order valence-corrected chi connectivity index (χ0v) is 10.6. The van der Waals surface area contributed by atoms with Gasteiger partial charge in [-0.3, -0.25) is 4.98 Å². The molecule has 0 aliphatic rings. The molecule has 0 saturated carbocycles. The average molecular weight is 303 g/mol. The highest BCUT2D eigenvalue weighted by Crippen LogP contribution is 2.22. The minimum atomic E-state index is -4.29. The number of nitrogens with one attached hydrogen (secondary N) is 1. The second-order valence-corrected chi connectivity index (χ2v) is 5.57. The summed E-state index contributed by atoms with van der Waals surface area (Å²) in [5.41, 5.74) is 0. The minimum absolute atomic E-state index is 0.0340. The summed E-state index contributed by atoms with van der Waals surface area (Å²) in [6, 6.07) is 1.28. The summed E-state index contributed by atoms with van der Waals surface area (Å²) in [7, 11) is -3.92. The summed E-state index contributed by atoms with van der Waals surface area (Å²) >= 11 is 5.65. The number of rotatable bonds is 5. The van der Waals surface area contributed by atoms with Crippen molar-refractivity contribution in [1.29, 1.82) is 0 Å². The molecule has 1 aromatic rings. The van der Waals surface area contributed by atoms with E-state index in [0.29, 0.717) is 0 Å². The van der Waals surface area contributed by atoms with Gasteiger partial charge in [-0.2, -0.15) is 13.2 Å². The molecule has 0 saturated heterocycles. The van der Waals surface area contributed by atoms with E-state index >= 15 is 0 Å². The summed E-state index contributed by atoms with van der Waals surface area (Å²) in [5, 5.41) is -0.0340. The van der Waals surface area contributed by atoms with Crippen LogP contribution in [0.25, 0.3) is 0 Å². The normalized spacial score (nSPS) is 12.7. The summed E-state index contributed by atoms with van der Waals surface area (Å²) < 4.78 is 60.9. The van der Waals surface area contributed by atoms with Crippen molar-refractivity contribution in [2.45, 2.75) is 23.9 Å². The molecule has 0 spiro atoms. The molecule has 1 heterocycles. The van der Waals surface area contributed by atoms with Crippen molar-refractivity contribution < 1.29 is 21.6 Å². The number of aromatic nitrogens is 1. The largest absolute Gasteiger partial charge is 0.389 e. The van der Waals surface area contributed by atoms with Gasteiger partial charge in [-0.05, 0) is 12.5 Å². The Morgan fingerprint density at radius 2 is 2.06 bits per heavy atom. The van der Waals surface area contributed by atoms with Gasteiger partial charge in [0.2, 0.25) is 10.0 Å². The van der Waals surface area contributed by atoms with E-state index < -0.39 is 22.6 Å². The summed E-state index contributed by atoms with van der Waals surface area (Å²) in [6.07, 6.45) is -3.33. The Morgan fingerprint density at radius 3 is 2.61 bits per heavy atom. The van der Waals surface area contributed by atoms with Gasteiger partial charge in [-0.1, -0.05) is 11.6 Å². The van der Waals surface area contributed by atoms with Crippen LogP contribution in [0.2, 0.25) is 5.02 Å². The molecule has 0 radical (unpaired) electrons. The number of sulfonamides is 1. The van der Waals surface area contributed by atoms with E-state index in [4.69, 9.17) is 11.6 Å². The van der Waals surface area contributed by atoms with Gasteiger partial charge < -0.3 is 0 Å². The molecule has 0 unspecified atom stereocenters. The van der Waals surface area contributed by atoms with Crippen LogP contribution in [0.3, 0.4) is 0 Å². The monoisotopic (exact) mass is 302 g/mol. The van der Waals surface area contributed by atoms with Gasteiger partial charge in [0, 0.05) is 25.4 Å². The molecule has 0 bridgehead atoms. The maximum absolute atomic E-state index is 11.9. The van der Waals surface area contributed by atoms with E-state index in [1.165, 1.54) is 12.3 Å². The molecule has 0 aliphatic carbocycles. The average Bonchev–Trinajstić information content (AvgIpc) is 2.24. The molecule has 0 aromatic carbocycles. The molecule has 1 N–H and O–H groups in total. The highest BCUT2D eigenvalue weighted by molar-refractivity contribution is 7.89. The molecule has 102 valence electrons. The van der Waals surface area contributed by atoms with E-state index in [2.05, 4.69) is 4.98 Å². The van der Waals surface area contributed by atoms with E-state index in [-0.39, 0.29) is 22.9 Å². The molecular formula is C9H10ClF3N2O2S. The minimum Gasteiger partial charge on any atom is -0.263 e. The van der Waals surface area contributed by atoms with Crippen LogP contribution in [0, 0.1) is 0 Å². The van der Waals surface area contributed by atoms with Crippen molar-refractivity contribution in [2.75, 3.05) is 6.54 Å². The molecule has 4 nitrogen and oxygen atoms in total. The fourth-order valence-electron chi connectivity index (χ4n) is 1.13. The Labute approximate surface area is 107 Å². The Balaban J connectivity index is 2.59. The standard InChI is InChI=1S/C9H10ClF3N2O2S/c10-7-2-5-14-6-8(7)18(16,17)15-4-1-3-9(11,12)13/h2,5-6,15H,1,3-4H2. The fraction of sp³-hybridized carbons (Fsp3) is 0.444. The lowest BCUT2D eigenvalue weighted by molar-refractivity contribution is -0.135. The van der Waals surface area contributed by atoms with Crippen LogP contribution in [-0.4, -0.2) is 26.1 Å². The number of hydrogen-bond donors (Lipinski definition) is 1. The second kappa shape index (κ2) is 5.85. The Bertz CT molecular complexity index is 505. The first-order chi connectivity index (χ1) is 8.22. The van der Waals surface area contributed by atoms with Gasteiger partial charge in [0.15, 0.2) is 0 Å².